The Hall–Kier alpha value is -0.890. The summed E-state index contributed by atoms with van der Waals surface area (Å²) < 4.78 is 44.8. The van der Waals surface area contributed by atoms with Gasteiger partial charge in [0.05, 0.1) is 17.3 Å². The van der Waals surface area contributed by atoms with Gasteiger partial charge in [0.25, 0.3) is 0 Å². The molecule has 0 radical (unpaired) electrons. The van der Waals surface area contributed by atoms with Crippen molar-refractivity contribution in [3.63, 3.8) is 0 Å². The zero-order valence-electron chi connectivity index (χ0n) is 10.7. The number of hydrogen-bond donors (Lipinski definition) is 2. The summed E-state index contributed by atoms with van der Waals surface area (Å²) in [6.07, 6.45) is 2.35. The third-order valence-corrected chi connectivity index (χ3v) is 4.86. The molecule has 1 aliphatic rings. The maximum absolute atomic E-state index is 13.1. The smallest absolute Gasteiger partial charge is 0.242 e. The van der Waals surface area contributed by atoms with Crippen LogP contribution in [-0.4, -0.2) is 28.2 Å². The van der Waals surface area contributed by atoms with Crippen LogP contribution in [0.3, 0.4) is 0 Å². The fourth-order valence-corrected chi connectivity index (χ4v) is 3.17. The van der Waals surface area contributed by atoms with Crippen LogP contribution in [-0.2, 0) is 14.8 Å². The van der Waals surface area contributed by atoms with Gasteiger partial charge >= 0.3 is 0 Å². The van der Waals surface area contributed by atoms with Crippen molar-refractivity contribution < 1.29 is 17.5 Å². The molecule has 0 aliphatic heterocycles. The number of benzene rings is 1. The highest BCUT2D eigenvalue weighted by molar-refractivity contribution is 7.89. The van der Waals surface area contributed by atoms with E-state index in [0.29, 0.717) is 12.5 Å². The van der Waals surface area contributed by atoms with Crippen LogP contribution in [0.2, 0.25) is 5.02 Å². The van der Waals surface area contributed by atoms with Crippen LogP contribution >= 0.6 is 11.6 Å². The van der Waals surface area contributed by atoms with Crippen molar-refractivity contribution in [2.24, 2.45) is 5.92 Å². The van der Waals surface area contributed by atoms with Crippen molar-refractivity contribution >= 4 is 27.3 Å². The number of nitrogens with two attached hydrogens (primary N) is 1. The first-order valence-electron chi connectivity index (χ1n) is 6.22. The number of nitrogen functional groups attached to an aromatic ring is 1. The molecule has 1 aromatic carbocycles. The van der Waals surface area contributed by atoms with Crippen LogP contribution < -0.4 is 10.5 Å². The zero-order chi connectivity index (χ0) is 14.8. The molecule has 1 saturated carbocycles. The molecule has 0 spiro atoms. The van der Waals surface area contributed by atoms with E-state index in [4.69, 9.17) is 22.1 Å². The van der Waals surface area contributed by atoms with Gasteiger partial charge in [0.15, 0.2) is 0 Å². The molecule has 20 heavy (non-hydrogen) atoms. The third-order valence-electron chi connectivity index (χ3n) is 2.93. The minimum Gasteiger partial charge on any atom is -0.396 e. The lowest BCUT2D eigenvalue weighted by Crippen LogP contribution is -2.28. The number of sulfonamides is 1. The Morgan fingerprint density at radius 1 is 1.45 bits per heavy atom. The van der Waals surface area contributed by atoms with E-state index in [9.17, 15) is 12.8 Å². The Morgan fingerprint density at radius 3 is 2.80 bits per heavy atom. The number of nitrogens with one attached hydrogen (secondary N) is 1. The summed E-state index contributed by atoms with van der Waals surface area (Å²) in [4.78, 5) is -0.236. The molecule has 0 amide bonds. The molecule has 0 heterocycles. The van der Waals surface area contributed by atoms with Gasteiger partial charge in [0.1, 0.15) is 10.7 Å². The molecule has 1 aromatic rings. The van der Waals surface area contributed by atoms with Crippen LogP contribution in [0.4, 0.5) is 10.1 Å². The minimum absolute atomic E-state index is 0.128. The van der Waals surface area contributed by atoms with E-state index < -0.39 is 15.8 Å². The summed E-state index contributed by atoms with van der Waals surface area (Å²) in [6, 6.07) is 1.89. The van der Waals surface area contributed by atoms with E-state index in [1.807, 2.05) is 0 Å². The van der Waals surface area contributed by atoms with Gasteiger partial charge in [0.2, 0.25) is 10.0 Å². The molecule has 5 nitrogen and oxygen atoms in total. The monoisotopic (exact) mass is 322 g/mol. The third kappa shape index (κ3) is 4.05. The standard InChI is InChI=1S/C12H16ClFN2O3S/c13-9-5-10(14)11(15)6-12(9)20(17,18)16-3-4-19-7-8-1-2-8/h5-6,8,16H,1-4,7,15H2. The summed E-state index contributed by atoms with van der Waals surface area (Å²) in [5.41, 5.74) is 5.09. The van der Waals surface area contributed by atoms with Gasteiger partial charge in [-0.3, -0.25) is 0 Å². The van der Waals surface area contributed by atoms with Gasteiger partial charge in [-0.1, -0.05) is 11.6 Å². The molecule has 0 bridgehead atoms. The maximum Gasteiger partial charge on any atom is 0.242 e. The molecule has 0 saturated heterocycles. The van der Waals surface area contributed by atoms with Gasteiger partial charge < -0.3 is 10.5 Å². The first-order valence-corrected chi connectivity index (χ1v) is 8.08. The maximum atomic E-state index is 13.1. The van der Waals surface area contributed by atoms with Crippen molar-refractivity contribution in [3.05, 3.63) is 23.0 Å². The fraction of sp³-hybridized carbons (Fsp3) is 0.500. The summed E-state index contributed by atoms with van der Waals surface area (Å²) in [6.45, 7) is 1.07. The van der Waals surface area contributed by atoms with Gasteiger partial charge in [-0.05, 0) is 30.9 Å². The summed E-state index contributed by atoms with van der Waals surface area (Å²) in [7, 11) is -3.82. The number of hydrogen-bond acceptors (Lipinski definition) is 4. The summed E-state index contributed by atoms with van der Waals surface area (Å²) in [5, 5.41) is -0.205. The zero-order valence-corrected chi connectivity index (χ0v) is 12.3. The highest BCUT2D eigenvalue weighted by Gasteiger charge is 2.22. The van der Waals surface area contributed by atoms with Crippen molar-refractivity contribution in [2.75, 3.05) is 25.5 Å². The first kappa shape index (κ1) is 15.5. The van der Waals surface area contributed by atoms with Gasteiger partial charge in [-0.15, -0.1) is 0 Å². The van der Waals surface area contributed by atoms with E-state index in [1.54, 1.807) is 0 Å². The number of ether oxygens (including phenoxy) is 1. The largest absolute Gasteiger partial charge is 0.396 e. The molecule has 2 rings (SSSR count). The SMILES string of the molecule is Nc1cc(S(=O)(=O)NCCOCC2CC2)c(Cl)cc1F. The highest BCUT2D eigenvalue weighted by Crippen LogP contribution is 2.28. The van der Waals surface area contributed by atoms with E-state index >= 15 is 0 Å². The Kier molecular flexibility index (Phi) is 4.85. The second-order valence-corrected chi connectivity index (χ2v) is 6.86. The van der Waals surface area contributed by atoms with E-state index in [0.717, 1.165) is 12.1 Å². The Balaban J connectivity index is 1.93. The van der Waals surface area contributed by atoms with Crippen LogP contribution in [0.5, 0.6) is 0 Å². The molecular formula is C12H16ClFN2O3S. The lowest BCUT2D eigenvalue weighted by Gasteiger charge is -2.10. The average Bonchev–Trinajstić information content (AvgIpc) is 3.17. The Morgan fingerprint density at radius 2 is 2.15 bits per heavy atom. The molecule has 3 N–H and O–H groups in total. The molecule has 1 fully saturated rings. The second kappa shape index (κ2) is 6.26. The lowest BCUT2D eigenvalue weighted by atomic mass is 10.3. The molecule has 0 aromatic heterocycles. The van der Waals surface area contributed by atoms with E-state index in [2.05, 4.69) is 4.72 Å². The first-order chi connectivity index (χ1) is 9.40. The van der Waals surface area contributed by atoms with Crippen LogP contribution in [0.25, 0.3) is 0 Å². The average molecular weight is 323 g/mol. The van der Waals surface area contributed by atoms with Crippen molar-refractivity contribution in [2.45, 2.75) is 17.7 Å². The summed E-state index contributed by atoms with van der Waals surface area (Å²) >= 11 is 5.73. The Bertz CT molecular complexity index is 591. The Labute approximate surface area is 122 Å². The van der Waals surface area contributed by atoms with Gasteiger partial charge in [-0.25, -0.2) is 17.5 Å². The van der Waals surface area contributed by atoms with Crippen LogP contribution in [0, 0.1) is 11.7 Å². The minimum atomic E-state index is -3.82. The number of rotatable bonds is 7. The van der Waals surface area contributed by atoms with Crippen LogP contribution in [0.1, 0.15) is 12.8 Å². The van der Waals surface area contributed by atoms with E-state index in [-0.39, 0.29) is 28.8 Å². The fourth-order valence-electron chi connectivity index (χ4n) is 1.61. The van der Waals surface area contributed by atoms with Crippen molar-refractivity contribution in [1.29, 1.82) is 0 Å². The lowest BCUT2D eigenvalue weighted by molar-refractivity contribution is 0.129. The van der Waals surface area contributed by atoms with Crippen LogP contribution in [0.15, 0.2) is 17.0 Å². The summed E-state index contributed by atoms with van der Waals surface area (Å²) in [5.74, 6) is -0.125. The number of halogens is 2. The van der Waals surface area contributed by atoms with Crippen molar-refractivity contribution in [1.82, 2.24) is 4.72 Å². The van der Waals surface area contributed by atoms with Gasteiger partial charge in [-0.2, -0.15) is 0 Å². The molecule has 0 atom stereocenters. The quantitative estimate of drug-likeness (QED) is 0.592. The second-order valence-electron chi connectivity index (χ2n) is 4.72. The number of anilines is 1. The molecule has 112 valence electrons. The molecule has 0 unspecified atom stereocenters. The predicted octanol–water partition coefficient (Wildman–Crippen LogP) is 1.77. The molecule has 8 heteroatoms. The highest BCUT2D eigenvalue weighted by atomic mass is 35.5. The van der Waals surface area contributed by atoms with Gasteiger partial charge in [0, 0.05) is 13.2 Å². The van der Waals surface area contributed by atoms with E-state index in [1.165, 1.54) is 12.8 Å². The topological polar surface area (TPSA) is 81.4 Å². The normalized spacial score (nSPS) is 15.5. The molecule has 1 aliphatic carbocycles. The van der Waals surface area contributed by atoms with Crippen molar-refractivity contribution in [3.8, 4) is 0 Å². The molecular weight excluding hydrogens is 307 g/mol. The predicted molar refractivity (Wildman–Crippen MR) is 74.6 cm³/mol.